The molecule has 0 aliphatic heterocycles. The third kappa shape index (κ3) is 2.13. The minimum Gasteiger partial charge on any atom is -0.399 e. The Morgan fingerprint density at radius 3 is 2.82 bits per heavy atom. The summed E-state index contributed by atoms with van der Waals surface area (Å²) < 4.78 is 1.67. The molecule has 0 saturated heterocycles. The second-order valence-electron chi connectivity index (χ2n) is 3.77. The van der Waals surface area contributed by atoms with Crippen LogP contribution in [0, 0.1) is 6.92 Å². The van der Waals surface area contributed by atoms with Crippen LogP contribution in [0.25, 0.3) is 5.69 Å². The molecule has 17 heavy (non-hydrogen) atoms. The molecule has 0 saturated carbocycles. The highest BCUT2D eigenvalue weighted by molar-refractivity contribution is 5.91. The highest BCUT2D eigenvalue weighted by atomic mass is 16.1. The maximum Gasteiger partial charge on any atom is 0.271 e. The van der Waals surface area contributed by atoms with Crippen LogP contribution in [0.4, 0.5) is 5.69 Å². The van der Waals surface area contributed by atoms with Crippen LogP contribution >= 0.6 is 0 Å². The first kappa shape index (κ1) is 11.2. The average Bonchev–Trinajstić information content (AvgIpc) is 2.77. The molecule has 1 aromatic carbocycles. The highest BCUT2D eigenvalue weighted by Crippen LogP contribution is 2.16. The van der Waals surface area contributed by atoms with E-state index >= 15 is 0 Å². The Bertz CT molecular complexity index is 559. The molecule has 5 nitrogen and oxygen atoms in total. The number of nitrogens with zero attached hydrogens (tertiary/aromatic N) is 2. The maximum absolute atomic E-state index is 11.4. The van der Waals surface area contributed by atoms with Crippen molar-refractivity contribution >= 4 is 11.6 Å². The first-order valence-electron chi connectivity index (χ1n) is 5.26. The standard InChI is InChI=1S/C12H14N4O/c1-8-7-9(13)3-4-11(8)16-6-5-10(15-16)12(17)14-2/h3-7H,13H2,1-2H3,(H,14,17). The normalized spacial score (nSPS) is 10.2. The minimum absolute atomic E-state index is 0.197. The largest absolute Gasteiger partial charge is 0.399 e. The van der Waals surface area contributed by atoms with E-state index in [0.29, 0.717) is 11.4 Å². The molecule has 0 spiro atoms. The molecule has 1 amide bonds. The molecule has 3 N–H and O–H groups in total. The number of nitrogens with two attached hydrogens (primary N) is 1. The summed E-state index contributed by atoms with van der Waals surface area (Å²) >= 11 is 0. The van der Waals surface area contributed by atoms with Crippen LogP contribution < -0.4 is 11.1 Å². The first-order valence-corrected chi connectivity index (χ1v) is 5.26. The van der Waals surface area contributed by atoms with E-state index < -0.39 is 0 Å². The van der Waals surface area contributed by atoms with Crippen LogP contribution in [0.5, 0.6) is 0 Å². The third-order valence-electron chi connectivity index (χ3n) is 2.52. The van der Waals surface area contributed by atoms with Crippen molar-refractivity contribution in [1.29, 1.82) is 0 Å². The van der Waals surface area contributed by atoms with Gasteiger partial charge in [-0.1, -0.05) is 0 Å². The summed E-state index contributed by atoms with van der Waals surface area (Å²) in [5.74, 6) is -0.197. The van der Waals surface area contributed by atoms with Gasteiger partial charge in [0.2, 0.25) is 0 Å². The summed E-state index contributed by atoms with van der Waals surface area (Å²) in [6.07, 6.45) is 1.75. The van der Waals surface area contributed by atoms with Crippen LogP contribution in [-0.2, 0) is 0 Å². The predicted molar refractivity (Wildman–Crippen MR) is 66.1 cm³/mol. The molecular formula is C12H14N4O. The zero-order valence-electron chi connectivity index (χ0n) is 9.77. The zero-order chi connectivity index (χ0) is 12.4. The number of carbonyl (C=O) groups excluding carboxylic acids is 1. The molecule has 2 aromatic rings. The van der Waals surface area contributed by atoms with Gasteiger partial charge >= 0.3 is 0 Å². The van der Waals surface area contributed by atoms with Gasteiger partial charge in [0.25, 0.3) is 5.91 Å². The first-order chi connectivity index (χ1) is 8.11. The van der Waals surface area contributed by atoms with Crippen molar-refractivity contribution in [3.63, 3.8) is 0 Å². The quantitative estimate of drug-likeness (QED) is 0.759. The molecule has 88 valence electrons. The summed E-state index contributed by atoms with van der Waals surface area (Å²) in [7, 11) is 1.58. The highest BCUT2D eigenvalue weighted by Gasteiger charge is 2.09. The number of amides is 1. The number of nitrogens with one attached hydrogen (secondary N) is 1. The molecule has 0 bridgehead atoms. The summed E-state index contributed by atoms with van der Waals surface area (Å²) in [4.78, 5) is 11.4. The van der Waals surface area contributed by atoms with Crippen molar-refractivity contribution in [3.05, 3.63) is 41.7 Å². The van der Waals surface area contributed by atoms with Gasteiger partial charge in [-0.25, -0.2) is 4.68 Å². The van der Waals surface area contributed by atoms with Gasteiger partial charge in [0.05, 0.1) is 5.69 Å². The lowest BCUT2D eigenvalue weighted by Crippen LogP contribution is -2.18. The van der Waals surface area contributed by atoms with Crippen LogP contribution in [0.2, 0.25) is 0 Å². The van der Waals surface area contributed by atoms with Crippen LogP contribution in [0.3, 0.4) is 0 Å². The molecule has 0 unspecified atom stereocenters. The van der Waals surface area contributed by atoms with E-state index in [1.54, 1.807) is 24.0 Å². The number of hydrogen-bond acceptors (Lipinski definition) is 3. The average molecular weight is 230 g/mol. The van der Waals surface area contributed by atoms with Crippen molar-refractivity contribution < 1.29 is 4.79 Å². The Kier molecular flexibility index (Phi) is 2.82. The molecule has 1 heterocycles. The van der Waals surface area contributed by atoms with Gasteiger partial charge in [-0.15, -0.1) is 0 Å². The Hall–Kier alpha value is -2.30. The molecule has 0 atom stereocenters. The molecule has 0 aliphatic carbocycles. The van der Waals surface area contributed by atoms with Crippen molar-refractivity contribution in [1.82, 2.24) is 15.1 Å². The SMILES string of the molecule is CNC(=O)c1ccn(-c2ccc(N)cc2C)n1. The molecule has 5 heteroatoms. The molecule has 2 rings (SSSR count). The number of carbonyl (C=O) groups is 1. The van der Waals surface area contributed by atoms with Gasteiger partial charge < -0.3 is 11.1 Å². The van der Waals surface area contributed by atoms with Crippen LogP contribution in [0.1, 0.15) is 16.1 Å². The Balaban J connectivity index is 2.40. The fourth-order valence-corrected chi connectivity index (χ4v) is 1.64. The van der Waals surface area contributed by atoms with Crippen molar-refractivity contribution in [2.45, 2.75) is 6.92 Å². The van der Waals surface area contributed by atoms with Gasteiger partial charge in [-0.05, 0) is 36.8 Å². The van der Waals surface area contributed by atoms with Crippen molar-refractivity contribution in [3.8, 4) is 5.69 Å². The minimum atomic E-state index is -0.197. The second kappa shape index (κ2) is 4.29. The summed E-state index contributed by atoms with van der Waals surface area (Å²) in [6.45, 7) is 1.95. The van der Waals surface area contributed by atoms with E-state index in [-0.39, 0.29) is 5.91 Å². The van der Waals surface area contributed by atoms with Gasteiger partial charge in [0.15, 0.2) is 5.69 Å². The van der Waals surface area contributed by atoms with E-state index in [9.17, 15) is 4.79 Å². The Morgan fingerprint density at radius 1 is 1.41 bits per heavy atom. The lowest BCUT2D eigenvalue weighted by atomic mass is 10.2. The maximum atomic E-state index is 11.4. The summed E-state index contributed by atoms with van der Waals surface area (Å²) in [5, 5.41) is 6.74. The monoisotopic (exact) mass is 230 g/mol. The molecule has 0 aliphatic rings. The van der Waals surface area contributed by atoms with E-state index in [4.69, 9.17) is 5.73 Å². The molecule has 0 radical (unpaired) electrons. The Labute approximate surface area is 99.2 Å². The van der Waals surface area contributed by atoms with Crippen LogP contribution in [0.15, 0.2) is 30.5 Å². The molecule has 1 aromatic heterocycles. The number of benzene rings is 1. The van der Waals surface area contributed by atoms with E-state index in [1.807, 2.05) is 25.1 Å². The fraction of sp³-hybridized carbons (Fsp3) is 0.167. The number of rotatable bonds is 2. The molecular weight excluding hydrogens is 216 g/mol. The van der Waals surface area contributed by atoms with Gasteiger partial charge in [0, 0.05) is 18.9 Å². The lowest BCUT2D eigenvalue weighted by Gasteiger charge is -2.06. The fourth-order valence-electron chi connectivity index (χ4n) is 1.64. The predicted octanol–water partition coefficient (Wildman–Crippen LogP) is 1.12. The van der Waals surface area contributed by atoms with E-state index in [0.717, 1.165) is 11.3 Å². The number of nitrogen functional groups attached to an aromatic ring is 1. The van der Waals surface area contributed by atoms with Crippen molar-refractivity contribution in [2.75, 3.05) is 12.8 Å². The van der Waals surface area contributed by atoms with Gasteiger partial charge in [0.1, 0.15) is 0 Å². The summed E-state index contributed by atoms with van der Waals surface area (Å²) in [6, 6.07) is 7.24. The lowest BCUT2D eigenvalue weighted by molar-refractivity contribution is 0.0957. The molecule has 0 fully saturated rings. The van der Waals surface area contributed by atoms with Gasteiger partial charge in [-0.3, -0.25) is 4.79 Å². The second-order valence-corrected chi connectivity index (χ2v) is 3.77. The topological polar surface area (TPSA) is 72.9 Å². The number of aryl methyl sites for hydroxylation is 1. The van der Waals surface area contributed by atoms with Gasteiger partial charge in [-0.2, -0.15) is 5.10 Å². The zero-order valence-corrected chi connectivity index (χ0v) is 9.77. The third-order valence-corrected chi connectivity index (χ3v) is 2.52. The number of anilines is 1. The number of hydrogen-bond donors (Lipinski definition) is 2. The Morgan fingerprint density at radius 2 is 2.18 bits per heavy atom. The smallest absolute Gasteiger partial charge is 0.271 e. The van der Waals surface area contributed by atoms with E-state index in [2.05, 4.69) is 10.4 Å². The van der Waals surface area contributed by atoms with E-state index in [1.165, 1.54) is 0 Å². The number of aromatic nitrogens is 2. The van der Waals surface area contributed by atoms with Crippen LogP contribution in [-0.4, -0.2) is 22.7 Å². The van der Waals surface area contributed by atoms with Crippen molar-refractivity contribution in [2.24, 2.45) is 0 Å². The summed E-state index contributed by atoms with van der Waals surface area (Å²) in [5.41, 5.74) is 8.71.